The summed E-state index contributed by atoms with van der Waals surface area (Å²) in [6.07, 6.45) is 7.04. The molecule has 0 aliphatic heterocycles. The van der Waals surface area contributed by atoms with E-state index < -0.39 is 0 Å². The monoisotopic (exact) mass is 265 g/mol. The van der Waals surface area contributed by atoms with E-state index in [0.717, 1.165) is 36.7 Å². The number of para-hydroxylation sites is 1. The molecule has 2 aliphatic rings. The Morgan fingerprint density at radius 1 is 1.28 bits per heavy atom. The first-order valence-electron chi connectivity index (χ1n) is 6.90. The van der Waals surface area contributed by atoms with E-state index in [1.807, 2.05) is 12.1 Å². The summed E-state index contributed by atoms with van der Waals surface area (Å²) >= 11 is 6.29. The summed E-state index contributed by atoms with van der Waals surface area (Å²) in [6.45, 7) is 0.785. The minimum atomic E-state index is -0.232. The molecule has 0 saturated heterocycles. The first kappa shape index (κ1) is 12.3. The molecule has 0 unspecified atom stereocenters. The lowest BCUT2D eigenvalue weighted by Crippen LogP contribution is -2.33. The topological polar surface area (TPSA) is 35.2 Å². The third-order valence-electron chi connectivity index (χ3n) is 4.16. The van der Waals surface area contributed by atoms with Crippen LogP contribution in [0.15, 0.2) is 18.2 Å². The highest BCUT2D eigenvalue weighted by atomic mass is 35.5. The van der Waals surface area contributed by atoms with Crippen LogP contribution in [-0.4, -0.2) is 6.61 Å². The highest BCUT2D eigenvalue weighted by Gasteiger charge is 2.35. The Bertz CT molecular complexity index is 436. The molecule has 2 fully saturated rings. The van der Waals surface area contributed by atoms with Crippen molar-refractivity contribution in [3.8, 4) is 5.75 Å². The van der Waals surface area contributed by atoms with Crippen molar-refractivity contribution < 1.29 is 4.74 Å². The van der Waals surface area contributed by atoms with Gasteiger partial charge in [0, 0.05) is 11.1 Å². The fourth-order valence-electron chi connectivity index (χ4n) is 2.81. The predicted octanol–water partition coefficient (Wildman–Crippen LogP) is 3.86. The Hall–Kier alpha value is -0.730. The lowest BCUT2D eigenvalue weighted by molar-refractivity contribution is 0.288. The molecular weight excluding hydrogens is 246 g/mol. The standard InChI is InChI=1S/C15H20ClNO/c16-13-5-3-4-12(15(17)8-1-2-9-15)14(13)18-10-11-6-7-11/h3-5,11H,1-2,6-10,17H2. The van der Waals surface area contributed by atoms with Crippen molar-refractivity contribution in [2.24, 2.45) is 11.7 Å². The molecule has 3 rings (SSSR count). The van der Waals surface area contributed by atoms with Crippen LogP contribution in [0.3, 0.4) is 0 Å². The highest BCUT2D eigenvalue weighted by Crippen LogP contribution is 2.43. The van der Waals surface area contributed by atoms with Gasteiger partial charge in [-0.2, -0.15) is 0 Å². The van der Waals surface area contributed by atoms with Crippen LogP contribution in [0.25, 0.3) is 0 Å². The van der Waals surface area contributed by atoms with Gasteiger partial charge in [-0.3, -0.25) is 0 Å². The summed E-state index contributed by atoms with van der Waals surface area (Å²) in [5.41, 5.74) is 7.41. The van der Waals surface area contributed by atoms with Gasteiger partial charge in [-0.15, -0.1) is 0 Å². The Morgan fingerprint density at radius 3 is 2.67 bits per heavy atom. The lowest BCUT2D eigenvalue weighted by atomic mass is 9.88. The molecule has 0 heterocycles. The smallest absolute Gasteiger partial charge is 0.142 e. The second-order valence-corrected chi connectivity index (χ2v) is 6.14. The van der Waals surface area contributed by atoms with E-state index >= 15 is 0 Å². The van der Waals surface area contributed by atoms with E-state index in [0.29, 0.717) is 5.02 Å². The van der Waals surface area contributed by atoms with Gasteiger partial charge >= 0.3 is 0 Å². The zero-order valence-corrected chi connectivity index (χ0v) is 11.4. The van der Waals surface area contributed by atoms with Crippen LogP contribution < -0.4 is 10.5 Å². The second-order valence-electron chi connectivity index (χ2n) is 5.73. The average Bonchev–Trinajstić information content (AvgIpc) is 3.08. The summed E-state index contributed by atoms with van der Waals surface area (Å²) in [7, 11) is 0. The maximum Gasteiger partial charge on any atom is 0.142 e. The molecule has 0 radical (unpaired) electrons. The summed E-state index contributed by atoms with van der Waals surface area (Å²) in [4.78, 5) is 0. The number of nitrogens with two attached hydrogens (primary N) is 1. The Morgan fingerprint density at radius 2 is 2.00 bits per heavy atom. The van der Waals surface area contributed by atoms with Crippen molar-refractivity contribution in [3.05, 3.63) is 28.8 Å². The highest BCUT2D eigenvalue weighted by molar-refractivity contribution is 6.32. The van der Waals surface area contributed by atoms with Gasteiger partial charge in [-0.1, -0.05) is 36.6 Å². The summed E-state index contributed by atoms with van der Waals surface area (Å²) in [6, 6.07) is 5.96. The van der Waals surface area contributed by atoms with Crippen LogP contribution in [0.5, 0.6) is 5.75 Å². The number of ether oxygens (including phenoxy) is 1. The van der Waals surface area contributed by atoms with E-state index in [1.165, 1.54) is 25.7 Å². The van der Waals surface area contributed by atoms with Gasteiger partial charge in [0.05, 0.1) is 11.6 Å². The van der Waals surface area contributed by atoms with Gasteiger partial charge in [0.1, 0.15) is 5.75 Å². The average molecular weight is 266 g/mol. The molecule has 0 spiro atoms. The molecule has 2 N–H and O–H groups in total. The molecule has 2 nitrogen and oxygen atoms in total. The zero-order valence-electron chi connectivity index (χ0n) is 10.6. The molecule has 0 aromatic heterocycles. The zero-order chi connectivity index (χ0) is 12.6. The van der Waals surface area contributed by atoms with E-state index in [2.05, 4.69) is 6.07 Å². The van der Waals surface area contributed by atoms with Gasteiger partial charge in [0.15, 0.2) is 0 Å². The minimum Gasteiger partial charge on any atom is -0.491 e. The van der Waals surface area contributed by atoms with Crippen LogP contribution in [0, 0.1) is 5.92 Å². The van der Waals surface area contributed by atoms with Crippen molar-refractivity contribution in [2.45, 2.75) is 44.1 Å². The molecule has 18 heavy (non-hydrogen) atoms. The predicted molar refractivity (Wildman–Crippen MR) is 74.0 cm³/mol. The number of hydrogen-bond donors (Lipinski definition) is 1. The first-order chi connectivity index (χ1) is 8.69. The molecule has 3 heteroatoms. The Kier molecular flexibility index (Phi) is 3.25. The van der Waals surface area contributed by atoms with Gasteiger partial charge in [0.25, 0.3) is 0 Å². The molecule has 0 amide bonds. The summed E-state index contributed by atoms with van der Waals surface area (Å²) in [5.74, 6) is 1.56. The molecule has 2 saturated carbocycles. The normalized spacial score (nSPS) is 22.1. The van der Waals surface area contributed by atoms with Crippen molar-refractivity contribution in [3.63, 3.8) is 0 Å². The quantitative estimate of drug-likeness (QED) is 0.897. The molecule has 1 aromatic carbocycles. The third kappa shape index (κ3) is 2.36. The maximum atomic E-state index is 6.53. The van der Waals surface area contributed by atoms with Gasteiger partial charge in [-0.05, 0) is 37.7 Å². The van der Waals surface area contributed by atoms with Gasteiger partial charge in [0.2, 0.25) is 0 Å². The maximum absolute atomic E-state index is 6.53. The van der Waals surface area contributed by atoms with Crippen molar-refractivity contribution in [1.82, 2.24) is 0 Å². The third-order valence-corrected chi connectivity index (χ3v) is 4.46. The molecule has 0 bridgehead atoms. The SMILES string of the molecule is NC1(c2cccc(Cl)c2OCC2CC2)CCCC1. The van der Waals surface area contributed by atoms with Crippen LogP contribution in [-0.2, 0) is 5.54 Å². The molecule has 1 aromatic rings. The Balaban J connectivity index is 1.88. The summed E-state index contributed by atoms with van der Waals surface area (Å²) in [5, 5.41) is 0.699. The van der Waals surface area contributed by atoms with Crippen molar-refractivity contribution >= 4 is 11.6 Å². The van der Waals surface area contributed by atoms with Gasteiger partial charge < -0.3 is 10.5 Å². The lowest BCUT2D eigenvalue weighted by Gasteiger charge is -2.27. The van der Waals surface area contributed by atoms with Crippen LogP contribution in [0.4, 0.5) is 0 Å². The van der Waals surface area contributed by atoms with Crippen LogP contribution >= 0.6 is 11.6 Å². The molecule has 98 valence electrons. The number of benzene rings is 1. The van der Waals surface area contributed by atoms with E-state index in [4.69, 9.17) is 22.1 Å². The van der Waals surface area contributed by atoms with Gasteiger partial charge in [-0.25, -0.2) is 0 Å². The molecular formula is C15H20ClNO. The van der Waals surface area contributed by atoms with Crippen molar-refractivity contribution in [2.75, 3.05) is 6.61 Å². The number of rotatable bonds is 4. The van der Waals surface area contributed by atoms with E-state index in [1.54, 1.807) is 0 Å². The van der Waals surface area contributed by atoms with E-state index in [-0.39, 0.29) is 5.54 Å². The second kappa shape index (κ2) is 4.75. The fourth-order valence-corrected chi connectivity index (χ4v) is 3.04. The van der Waals surface area contributed by atoms with Crippen LogP contribution in [0.1, 0.15) is 44.1 Å². The fraction of sp³-hybridized carbons (Fsp3) is 0.600. The van der Waals surface area contributed by atoms with Crippen molar-refractivity contribution in [1.29, 1.82) is 0 Å². The largest absolute Gasteiger partial charge is 0.491 e. The van der Waals surface area contributed by atoms with E-state index in [9.17, 15) is 0 Å². The Labute approximate surface area is 113 Å². The first-order valence-corrected chi connectivity index (χ1v) is 7.27. The molecule has 0 atom stereocenters. The molecule has 2 aliphatic carbocycles. The number of hydrogen-bond acceptors (Lipinski definition) is 2. The minimum absolute atomic E-state index is 0.232. The number of halogens is 1. The van der Waals surface area contributed by atoms with Crippen LogP contribution in [0.2, 0.25) is 5.02 Å². The summed E-state index contributed by atoms with van der Waals surface area (Å²) < 4.78 is 5.96.